The second kappa shape index (κ2) is 8.76. The van der Waals surface area contributed by atoms with Crippen molar-refractivity contribution >= 4 is 46.1 Å². The fourth-order valence-electron chi connectivity index (χ4n) is 3.13. The maximum Gasteiger partial charge on any atom is 0.264 e. The molecule has 0 spiro atoms. The van der Waals surface area contributed by atoms with Gasteiger partial charge in [-0.3, -0.25) is 9.59 Å². The van der Waals surface area contributed by atoms with Gasteiger partial charge in [0.25, 0.3) is 5.91 Å². The zero-order chi connectivity index (χ0) is 19.4. The standard InChI is InChI=1S/C20H24ClN3O2S/c1-14(2)12-19(25)22-15-5-6-17(16(21)13-15)23-7-9-24(10-8-23)20(26)18-4-3-11-27-18/h3-6,11,13-14H,7-10,12H2,1-2H3,(H,22,25). The van der Waals surface area contributed by atoms with E-state index in [1.54, 1.807) is 6.07 Å². The lowest BCUT2D eigenvalue weighted by molar-refractivity contribution is -0.116. The quantitative estimate of drug-likeness (QED) is 0.804. The molecule has 0 unspecified atom stereocenters. The highest BCUT2D eigenvalue weighted by Crippen LogP contribution is 2.30. The fourth-order valence-corrected chi connectivity index (χ4v) is 4.12. The number of anilines is 2. The number of nitrogens with zero attached hydrogens (tertiary/aromatic N) is 2. The van der Waals surface area contributed by atoms with Crippen molar-refractivity contribution in [3.8, 4) is 0 Å². The first-order valence-corrected chi connectivity index (χ1v) is 10.4. The molecule has 144 valence electrons. The molecule has 0 bridgehead atoms. The molecule has 2 aromatic rings. The maximum absolute atomic E-state index is 12.4. The number of thiophene rings is 1. The number of carbonyl (C=O) groups excluding carboxylic acids is 2. The third kappa shape index (κ3) is 5.02. The number of rotatable bonds is 5. The molecule has 1 saturated heterocycles. The van der Waals surface area contributed by atoms with Gasteiger partial charge in [0.05, 0.1) is 15.6 Å². The SMILES string of the molecule is CC(C)CC(=O)Nc1ccc(N2CCN(C(=O)c3cccs3)CC2)c(Cl)c1. The van der Waals surface area contributed by atoms with Crippen LogP contribution in [0.1, 0.15) is 29.9 Å². The first-order valence-electron chi connectivity index (χ1n) is 9.11. The Hall–Kier alpha value is -2.05. The summed E-state index contributed by atoms with van der Waals surface area (Å²) in [6.45, 7) is 6.82. The predicted molar refractivity (Wildman–Crippen MR) is 112 cm³/mol. The van der Waals surface area contributed by atoms with E-state index in [0.717, 1.165) is 23.7 Å². The second-order valence-corrected chi connectivity index (χ2v) is 8.42. The van der Waals surface area contributed by atoms with Gasteiger partial charge in [-0.1, -0.05) is 31.5 Å². The highest BCUT2D eigenvalue weighted by molar-refractivity contribution is 7.12. The molecule has 0 aliphatic carbocycles. The number of piperazine rings is 1. The number of amides is 2. The number of benzene rings is 1. The van der Waals surface area contributed by atoms with Crippen molar-refractivity contribution in [2.75, 3.05) is 36.4 Å². The molecule has 0 radical (unpaired) electrons. The van der Waals surface area contributed by atoms with E-state index in [2.05, 4.69) is 10.2 Å². The van der Waals surface area contributed by atoms with Crippen molar-refractivity contribution in [3.63, 3.8) is 0 Å². The molecular formula is C20H24ClN3O2S. The predicted octanol–water partition coefficient (Wildman–Crippen LogP) is 4.35. The topological polar surface area (TPSA) is 52.7 Å². The summed E-state index contributed by atoms with van der Waals surface area (Å²) in [7, 11) is 0. The first-order chi connectivity index (χ1) is 12.9. The van der Waals surface area contributed by atoms with E-state index in [4.69, 9.17) is 11.6 Å². The minimum absolute atomic E-state index is 0.00507. The van der Waals surface area contributed by atoms with Crippen LogP contribution >= 0.6 is 22.9 Å². The lowest BCUT2D eigenvalue weighted by atomic mass is 10.1. The van der Waals surface area contributed by atoms with Gasteiger partial charge in [-0.05, 0) is 35.6 Å². The molecule has 2 amide bonds. The van der Waals surface area contributed by atoms with Crippen LogP contribution in [0.4, 0.5) is 11.4 Å². The van der Waals surface area contributed by atoms with Gasteiger partial charge >= 0.3 is 0 Å². The van der Waals surface area contributed by atoms with Crippen molar-refractivity contribution in [1.82, 2.24) is 4.90 Å². The van der Waals surface area contributed by atoms with Crippen molar-refractivity contribution in [2.45, 2.75) is 20.3 Å². The minimum atomic E-state index is -0.00507. The Labute approximate surface area is 168 Å². The van der Waals surface area contributed by atoms with Gasteiger partial charge in [0.1, 0.15) is 0 Å². The molecule has 1 N–H and O–H groups in total. The highest BCUT2D eigenvalue weighted by Gasteiger charge is 2.24. The number of hydrogen-bond donors (Lipinski definition) is 1. The van der Waals surface area contributed by atoms with Crippen LogP contribution in [0, 0.1) is 5.92 Å². The molecule has 1 aliphatic heterocycles. The van der Waals surface area contributed by atoms with Crippen LogP contribution in [0.25, 0.3) is 0 Å². The summed E-state index contributed by atoms with van der Waals surface area (Å²) in [6.07, 6.45) is 0.486. The molecule has 2 heterocycles. The second-order valence-electron chi connectivity index (χ2n) is 7.07. The molecule has 5 nitrogen and oxygen atoms in total. The van der Waals surface area contributed by atoms with Crippen molar-refractivity contribution in [1.29, 1.82) is 0 Å². The Balaban J connectivity index is 1.59. The van der Waals surface area contributed by atoms with Crippen LogP contribution in [-0.2, 0) is 4.79 Å². The molecule has 0 saturated carbocycles. The summed E-state index contributed by atoms with van der Waals surface area (Å²) in [5, 5.41) is 5.42. The van der Waals surface area contributed by atoms with Crippen LogP contribution in [0.2, 0.25) is 5.02 Å². The molecule has 1 aromatic heterocycles. The van der Waals surface area contributed by atoms with Crippen molar-refractivity contribution in [3.05, 3.63) is 45.6 Å². The zero-order valence-corrected chi connectivity index (χ0v) is 17.1. The van der Waals surface area contributed by atoms with Gasteiger partial charge in [-0.15, -0.1) is 11.3 Å². The molecule has 0 atom stereocenters. The smallest absolute Gasteiger partial charge is 0.264 e. The summed E-state index contributed by atoms with van der Waals surface area (Å²) in [4.78, 5) is 29.2. The normalized spacial score (nSPS) is 14.5. The van der Waals surface area contributed by atoms with Gasteiger partial charge in [0.15, 0.2) is 0 Å². The molecule has 1 aromatic carbocycles. The van der Waals surface area contributed by atoms with Crippen LogP contribution in [-0.4, -0.2) is 42.9 Å². The number of hydrogen-bond acceptors (Lipinski definition) is 4. The Morgan fingerprint density at radius 3 is 2.52 bits per heavy atom. The van der Waals surface area contributed by atoms with Gasteiger partial charge in [0.2, 0.25) is 5.91 Å². The third-order valence-electron chi connectivity index (χ3n) is 4.46. The molecular weight excluding hydrogens is 382 g/mol. The zero-order valence-electron chi connectivity index (χ0n) is 15.6. The van der Waals surface area contributed by atoms with Gasteiger partial charge < -0.3 is 15.1 Å². The molecule has 7 heteroatoms. The molecule has 1 fully saturated rings. The first kappa shape index (κ1) is 19.7. The van der Waals surface area contributed by atoms with E-state index in [0.29, 0.717) is 36.1 Å². The average Bonchev–Trinajstić information content (AvgIpc) is 3.15. The number of carbonyl (C=O) groups is 2. The highest BCUT2D eigenvalue weighted by atomic mass is 35.5. The van der Waals surface area contributed by atoms with E-state index in [1.807, 2.05) is 48.4 Å². The van der Waals surface area contributed by atoms with E-state index in [1.165, 1.54) is 11.3 Å². The lowest BCUT2D eigenvalue weighted by Gasteiger charge is -2.36. The van der Waals surface area contributed by atoms with E-state index >= 15 is 0 Å². The minimum Gasteiger partial charge on any atom is -0.367 e. The third-order valence-corrected chi connectivity index (χ3v) is 5.63. The van der Waals surface area contributed by atoms with Crippen molar-refractivity contribution in [2.24, 2.45) is 5.92 Å². The maximum atomic E-state index is 12.4. The van der Waals surface area contributed by atoms with E-state index in [9.17, 15) is 9.59 Å². The number of nitrogens with one attached hydrogen (secondary N) is 1. The molecule has 3 rings (SSSR count). The Kier molecular flexibility index (Phi) is 6.39. The Bertz CT molecular complexity index is 800. The fraction of sp³-hybridized carbons (Fsp3) is 0.400. The summed E-state index contributed by atoms with van der Waals surface area (Å²) in [5.74, 6) is 0.404. The van der Waals surface area contributed by atoms with Gasteiger partial charge in [-0.25, -0.2) is 0 Å². The average molecular weight is 406 g/mol. The van der Waals surface area contributed by atoms with Crippen LogP contribution < -0.4 is 10.2 Å². The molecule has 1 aliphatic rings. The summed E-state index contributed by atoms with van der Waals surface area (Å²) >= 11 is 7.93. The lowest BCUT2D eigenvalue weighted by Crippen LogP contribution is -2.48. The summed E-state index contributed by atoms with van der Waals surface area (Å²) in [5.41, 5.74) is 1.64. The van der Waals surface area contributed by atoms with Crippen LogP contribution in [0.3, 0.4) is 0 Å². The largest absolute Gasteiger partial charge is 0.367 e. The summed E-state index contributed by atoms with van der Waals surface area (Å²) in [6, 6.07) is 9.36. The van der Waals surface area contributed by atoms with Crippen LogP contribution in [0.5, 0.6) is 0 Å². The van der Waals surface area contributed by atoms with E-state index < -0.39 is 0 Å². The van der Waals surface area contributed by atoms with Gasteiger partial charge in [0, 0.05) is 38.3 Å². The number of halogens is 1. The van der Waals surface area contributed by atoms with E-state index in [-0.39, 0.29) is 11.8 Å². The van der Waals surface area contributed by atoms with Gasteiger partial charge in [-0.2, -0.15) is 0 Å². The Morgan fingerprint density at radius 2 is 1.93 bits per heavy atom. The monoisotopic (exact) mass is 405 g/mol. The van der Waals surface area contributed by atoms with Crippen molar-refractivity contribution < 1.29 is 9.59 Å². The summed E-state index contributed by atoms with van der Waals surface area (Å²) < 4.78 is 0. The molecule has 27 heavy (non-hydrogen) atoms. The van der Waals surface area contributed by atoms with Crippen LogP contribution in [0.15, 0.2) is 35.7 Å². The Morgan fingerprint density at radius 1 is 1.19 bits per heavy atom.